The lowest BCUT2D eigenvalue weighted by atomic mass is 10.0. The van der Waals surface area contributed by atoms with Crippen molar-refractivity contribution in [3.63, 3.8) is 0 Å². The standard InChI is InChI=1S/C13H27NO2/c1-4-5-12(3)10-16-13(15)7-6-11(2)8-9-14/h11-12H,4-10,14H2,1-3H3. The van der Waals surface area contributed by atoms with E-state index in [9.17, 15) is 4.79 Å². The number of nitrogens with two attached hydrogens (primary N) is 1. The summed E-state index contributed by atoms with van der Waals surface area (Å²) in [5.41, 5.74) is 5.45. The fourth-order valence-electron chi connectivity index (χ4n) is 1.68. The van der Waals surface area contributed by atoms with E-state index in [0.29, 0.717) is 31.4 Å². The van der Waals surface area contributed by atoms with Crippen LogP contribution in [0.25, 0.3) is 0 Å². The second kappa shape index (κ2) is 9.64. The molecule has 0 amide bonds. The van der Waals surface area contributed by atoms with Crippen LogP contribution >= 0.6 is 0 Å². The lowest BCUT2D eigenvalue weighted by Gasteiger charge is -2.12. The quantitative estimate of drug-likeness (QED) is 0.618. The van der Waals surface area contributed by atoms with Gasteiger partial charge >= 0.3 is 5.97 Å². The van der Waals surface area contributed by atoms with E-state index >= 15 is 0 Å². The van der Waals surface area contributed by atoms with Gasteiger partial charge < -0.3 is 10.5 Å². The van der Waals surface area contributed by atoms with Gasteiger partial charge in [-0.1, -0.05) is 27.2 Å². The Morgan fingerprint density at radius 3 is 2.44 bits per heavy atom. The average Bonchev–Trinajstić information content (AvgIpc) is 2.24. The van der Waals surface area contributed by atoms with E-state index in [4.69, 9.17) is 10.5 Å². The zero-order valence-electron chi connectivity index (χ0n) is 11.0. The molecule has 0 saturated carbocycles. The number of esters is 1. The first-order valence-corrected chi connectivity index (χ1v) is 6.45. The van der Waals surface area contributed by atoms with Crippen molar-refractivity contribution in [1.29, 1.82) is 0 Å². The van der Waals surface area contributed by atoms with Crippen molar-refractivity contribution in [2.75, 3.05) is 13.2 Å². The molecule has 3 heteroatoms. The Kier molecular flexibility index (Phi) is 9.30. The molecule has 0 saturated heterocycles. The Bertz CT molecular complexity index is 165. The third kappa shape index (κ3) is 8.72. The predicted octanol–water partition coefficient (Wildman–Crippen LogP) is 2.73. The molecule has 0 rings (SSSR count). The molecule has 96 valence electrons. The highest BCUT2D eigenvalue weighted by atomic mass is 16.5. The smallest absolute Gasteiger partial charge is 0.305 e. The molecule has 2 N–H and O–H groups in total. The van der Waals surface area contributed by atoms with Crippen LogP contribution in [0.15, 0.2) is 0 Å². The van der Waals surface area contributed by atoms with Crippen LogP contribution in [0.3, 0.4) is 0 Å². The molecule has 16 heavy (non-hydrogen) atoms. The van der Waals surface area contributed by atoms with Crippen LogP contribution < -0.4 is 5.73 Å². The second-order valence-electron chi connectivity index (χ2n) is 4.80. The minimum Gasteiger partial charge on any atom is -0.465 e. The molecule has 2 unspecified atom stereocenters. The summed E-state index contributed by atoms with van der Waals surface area (Å²) in [5, 5.41) is 0. The van der Waals surface area contributed by atoms with E-state index < -0.39 is 0 Å². The normalized spacial score (nSPS) is 14.5. The number of carbonyl (C=O) groups excluding carboxylic acids is 1. The number of hydrogen-bond donors (Lipinski definition) is 1. The highest BCUT2D eigenvalue weighted by molar-refractivity contribution is 5.69. The topological polar surface area (TPSA) is 52.3 Å². The summed E-state index contributed by atoms with van der Waals surface area (Å²) in [6, 6.07) is 0. The molecule has 0 fully saturated rings. The first-order chi connectivity index (χ1) is 7.60. The summed E-state index contributed by atoms with van der Waals surface area (Å²) in [4.78, 5) is 11.4. The van der Waals surface area contributed by atoms with Crippen LogP contribution in [0.2, 0.25) is 0 Å². The minimum atomic E-state index is -0.0631. The number of hydrogen-bond acceptors (Lipinski definition) is 3. The van der Waals surface area contributed by atoms with Gasteiger partial charge in [-0.25, -0.2) is 0 Å². The van der Waals surface area contributed by atoms with E-state index in [1.807, 2.05) is 0 Å². The van der Waals surface area contributed by atoms with Crippen molar-refractivity contribution >= 4 is 5.97 Å². The monoisotopic (exact) mass is 229 g/mol. The van der Waals surface area contributed by atoms with Gasteiger partial charge in [-0.3, -0.25) is 4.79 Å². The highest BCUT2D eigenvalue weighted by Gasteiger charge is 2.09. The molecule has 0 aliphatic carbocycles. The zero-order chi connectivity index (χ0) is 12.4. The number of rotatable bonds is 9. The Labute approximate surface area is 99.7 Å². The second-order valence-corrected chi connectivity index (χ2v) is 4.80. The van der Waals surface area contributed by atoms with Crippen molar-refractivity contribution in [2.45, 2.75) is 52.9 Å². The molecule has 0 heterocycles. The van der Waals surface area contributed by atoms with E-state index in [1.54, 1.807) is 0 Å². The molecule has 0 aromatic rings. The van der Waals surface area contributed by atoms with E-state index in [-0.39, 0.29) is 5.97 Å². The largest absolute Gasteiger partial charge is 0.465 e. The Balaban J connectivity index is 3.51. The van der Waals surface area contributed by atoms with Crippen molar-refractivity contribution in [3.05, 3.63) is 0 Å². The van der Waals surface area contributed by atoms with Gasteiger partial charge in [0.2, 0.25) is 0 Å². The molecule has 0 bridgehead atoms. The number of ether oxygens (including phenoxy) is 1. The molecule has 0 spiro atoms. The lowest BCUT2D eigenvalue weighted by molar-refractivity contribution is -0.145. The number of carbonyl (C=O) groups is 1. The molecule has 0 aliphatic heterocycles. The highest BCUT2D eigenvalue weighted by Crippen LogP contribution is 2.11. The third-order valence-electron chi connectivity index (χ3n) is 2.81. The van der Waals surface area contributed by atoms with Crippen LogP contribution in [0.1, 0.15) is 52.9 Å². The first-order valence-electron chi connectivity index (χ1n) is 6.45. The van der Waals surface area contributed by atoms with Crippen LogP contribution in [-0.2, 0) is 9.53 Å². The van der Waals surface area contributed by atoms with Crippen LogP contribution in [-0.4, -0.2) is 19.1 Å². The maximum absolute atomic E-state index is 11.4. The molecule has 0 aromatic carbocycles. The Morgan fingerprint density at radius 2 is 1.88 bits per heavy atom. The van der Waals surface area contributed by atoms with Gasteiger partial charge in [0.15, 0.2) is 0 Å². The van der Waals surface area contributed by atoms with Crippen molar-refractivity contribution in [3.8, 4) is 0 Å². The van der Waals surface area contributed by atoms with Gasteiger partial charge in [-0.05, 0) is 37.6 Å². The van der Waals surface area contributed by atoms with E-state index in [0.717, 1.165) is 25.7 Å². The van der Waals surface area contributed by atoms with Crippen LogP contribution in [0.5, 0.6) is 0 Å². The summed E-state index contributed by atoms with van der Waals surface area (Å²) in [7, 11) is 0. The fourth-order valence-corrected chi connectivity index (χ4v) is 1.68. The van der Waals surface area contributed by atoms with Crippen molar-refractivity contribution in [2.24, 2.45) is 17.6 Å². The molecule has 2 atom stereocenters. The van der Waals surface area contributed by atoms with Gasteiger partial charge in [-0.15, -0.1) is 0 Å². The Hall–Kier alpha value is -0.570. The van der Waals surface area contributed by atoms with Crippen LogP contribution in [0, 0.1) is 11.8 Å². The van der Waals surface area contributed by atoms with Gasteiger partial charge in [0.1, 0.15) is 0 Å². The molecular formula is C13H27NO2. The maximum Gasteiger partial charge on any atom is 0.305 e. The third-order valence-corrected chi connectivity index (χ3v) is 2.81. The minimum absolute atomic E-state index is 0.0631. The summed E-state index contributed by atoms with van der Waals surface area (Å²) in [6.45, 7) is 7.65. The molecular weight excluding hydrogens is 202 g/mol. The predicted molar refractivity (Wildman–Crippen MR) is 67.1 cm³/mol. The summed E-state index contributed by atoms with van der Waals surface area (Å²) < 4.78 is 5.21. The average molecular weight is 229 g/mol. The van der Waals surface area contributed by atoms with Gasteiger partial charge in [0, 0.05) is 6.42 Å². The van der Waals surface area contributed by atoms with E-state index in [1.165, 1.54) is 0 Å². The molecule has 0 aliphatic rings. The SMILES string of the molecule is CCCC(C)COC(=O)CCC(C)CCN. The maximum atomic E-state index is 11.4. The summed E-state index contributed by atoms with van der Waals surface area (Å²) >= 11 is 0. The summed E-state index contributed by atoms with van der Waals surface area (Å²) in [6.07, 6.45) is 4.67. The van der Waals surface area contributed by atoms with E-state index in [2.05, 4.69) is 20.8 Å². The zero-order valence-corrected chi connectivity index (χ0v) is 11.0. The molecule has 3 nitrogen and oxygen atoms in total. The van der Waals surface area contributed by atoms with Gasteiger partial charge in [-0.2, -0.15) is 0 Å². The fraction of sp³-hybridized carbons (Fsp3) is 0.923. The summed E-state index contributed by atoms with van der Waals surface area (Å²) in [5.74, 6) is 0.938. The first kappa shape index (κ1) is 15.4. The van der Waals surface area contributed by atoms with Crippen LogP contribution in [0.4, 0.5) is 0 Å². The van der Waals surface area contributed by atoms with Crippen molar-refractivity contribution < 1.29 is 9.53 Å². The molecule has 0 aromatic heterocycles. The van der Waals surface area contributed by atoms with Crippen molar-refractivity contribution in [1.82, 2.24) is 0 Å². The van der Waals surface area contributed by atoms with Gasteiger partial charge in [0.25, 0.3) is 0 Å². The lowest BCUT2D eigenvalue weighted by Crippen LogP contribution is -2.13. The molecule has 0 radical (unpaired) electrons. The Morgan fingerprint density at radius 1 is 1.19 bits per heavy atom. The van der Waals surface area contributed by atoms with Gasteiger partial charge in [0.05, 0.1) is 6.61 Å².